The fourth-order valence-corrected chi connectivity index (χ4v) is 4.36. The number of nitrogens with zero attached hydrogens (tertiary/aromatic N) is 3. The van der Waals surface area contributed by atoms with Crippen LogP contribution in [-0.2, 0) is 0 Å². The van der Waals surface area contributed by atoms with Gasteiger partial charge in [-0.15, -0.1) is 0 Å². The van der Waals surface area contributed by atoms with Crippen molar-refractivity contribution >= 4 is 32.6 Å². The van der Waals surface area contributed by atoms with E-state index in [-0.39, 0.29) is 5.91 Å². The molecule has 3 aromatic rings. The van der Waals surface area contributed by atoms with E-state index in [4.69, 9.17) is 10.2 Å². The third kappa shape index (κ3) is 4.38. The summed E-state index contributed by atoms with van der Waals surface area (Å²) in [5.41, 5.74) is 4.40. The molecule has 5 nitrogen and oxygen atoms in total. The zero-order valence-electron chi connectivity index (χ0n) is 16.7. The van der Waals surface area contributed by atoms with Crippen LogP contribution in [0.5, 0.6) is 0 Å². The molecule has 2 aromatic carbocycles. The molecule has 144 valence electrons. The number of hydrogen-bond donors (Lipinski definition) is 1. The summed E-state index contributed by atoms with van der Waals surface area (Å²) in [7, 11) is 4.22. The Kier molecular flexibility index (Phi) is 6.08. The van der Waals surface area contributed by atoms with Crippen LogP contribution in [0, 0.1) is 25.2 Å². The van der Waals surface area contributed by atoms with Gasteiger partial charge >= 0.3 is 0 Å². The SMILES string of the molecule is Cc1cc(C)c2nc(N(CCC[NH+](C)C)C(=O)c3ccc(C#N)cc3)sc2c1. The van der Waals surface area contributed by atoms with Crippen LogP contribution in [0.25, 0.3) is 10.2 Å². The van der Waals surface area contributed by atoms with E-state index in [9.17, 15) is 4.79 Å². The first-order valence-corrected chi connectivity index (χ1v) is 10.2. The standard InChI is InChI=1S/C22H24N4OS/c1-15-12-16(2)20-19(13-15)28-22(24-20)26(11-5-10-25(3)4)21(27)18-8-6-17(14-23)7-9-18/h6-9,12-13H,5,10-11H2,1-4H3/p+1. The molecule has 1 heterocycles. The Morgan fingerprint density at radius 2 is 1.93 bits per heavy atom. The van der Waals surface area contributed by atoms with E-state index in [1.165, 1.54) is 10.5 Å². The van der Waals surface area contributed by atoms with E-state index >= 15 is 0 Å². The minimum absolute atomic E-state index is 0.0772. The maximum Gasteiger partial charge on any atom is 0.260 e. The number of rotatable bonds is 6. The summed E-state index contributed by atoms with van der Waals surface area (Å²) in [6.45, 7) is 5.72. The average Bonchev–Trinajstić information content (AvgIpc) is 3.08. The molecule has 1 amide bonds. The van der Waals surface area contributed by atoms with Crippen LogP contribution in [-0.4, -0.2) is 38.1 Å². The van der Waals surface area contributed by atoms with Crippen molar-refractivity contribution in [1.29, 1.82) is 5.26 Å². The van der Waals surface area contributed by atoms with Gasteiger partial charge in [0.2, 0.25) is 0 Å². The number of aromatic nitrogens is 1. The van der Waals surface area contributed by atoms with Gasteiger partial charge in [-0.3, -0.25) is 9.69 Å². The number of aryl methyl sites for hydroxylation is 2. The highest BCUT2D eigenvalue weighted by molar-refractivity contribution is 7.22. The molecule has 0 bridgehead atoms. The highest BCUT2D eigenvalue weighted by atomic mass is 32.1. The summed E-state index contributed by atoms with van der Waals surface area (Å²) in [6, 6.07) is 13.1. The number of nitriles is 1. The molecule has 0 saturated carbocycles. The number of anilines is 1. The molecule has 0 radical (unpaired) electrons. The van der Waals surface area contributed by atoms with Gasteiger partial charge in [-0.2, -0.15) is 5.26 Å². The number of nitrogens with one attached hydrogen (secondary N) is 1. The Balaban J connectivity index is 1.97. The van der Waals surface area contributed by atoms with Gasteiger partial charge in [-0.1, -0.05) is 17.4 Å². The molecule has 0 unspecified atom stereocenters. The summed E-state index contributed by atoms with van der Waals surface area (Å²) >= 11 is 1.56. The number of amides is 1. The number of hydrogen-bond acceptors (Lipinski definition) is 4. The van der Waals surface area contributed by atoms with Gasteiger partial charge in [0.05, 0.1) is 42.5 Å². The fraction of sp³-hybridized carbons (Fsp3) is 0.318. The molecule has 0 aliphatic heterocycles. The van der Waals surface area contributed by atoms with Gasteiger partial charge in [0, 0.05) is 18.5 Å². The maximum absolute atomic E-state index is 13.3. The first-order chi connectivity index (χ1) is 13.4. The van der Waals surface area contributed by atoms with E-state index < -0.39 is 0 Å². The van der Waals surface area contributed by atoms with Crippen LogP contribution in [0.3, 0.4) is 0 Å². The molecule has 28 heavy (non-hydrogen) atoms. The Hall–Kier alpha value is -2.75. The van der Waals surface area contributed by atoms with Gasteiger partial charge in [0.1, 0.15) is 0 Å². The van der Waals surface area contributed by atoms with Crippen molar-refractivity contribution < 1.29 is 9.69 Å². The van der Waals surface area contributed by atoms with Crippen molar-refractivity contribution in [3.63, 3.8) is 0 Å². The molecule has 0 fully saturated rings. The van der Waals surface area contributed by atoms with Gasteiger partial charge in [-0.25, -0.2) is 4.98 Å². The average molecular weight is 394 g/mol. The monoisotopic (exact) mass is 393 g/mol. The van der Waals surface area contributed by atoms with E-state index in [0.29, 0.717) is 17.7 Å². The lowest BCUT2D eigenvalue weighted by Gasteiger charge is -2.20. The third-order valence-corrected chi connectivity index (χ3v) is 5.64. The van der Waals surface area contributed by atoms with Crippen molar-refractivity contribution in [2.75, 3.05) is 32.1 Å². The highest BCUT2D eigenvalue weighted by Crippen LogP contribution is 2.32. The molecule has 1 aromatic heterocycles. The van der Waals surface area contributed by atoms with Crippen molar-refractivity contribution in [3.05, 3.63) is 58.7 Å². The lowest BCUT2D eigenvalue weighted by molar-refractivity contribution is -0.858. The van der Waals surface area contributed by atoms with E-state index in [0.717, 1.165) is 33.9 Å². The minimum atomic E-state index is -0.0772. The molecule has 0 spiro atoms. The third-order valence-electron chi connectivity index (χ3n) is 4.61. The van der Waals surface area contributed by atoms with E-state index in [2.05, 4.69) is 46.1 Å². The van der Waals surface area contributed by atoms with Crippen LogP contribution in [0.1, 0.15) is 33.5 Å². The fourth-order valence-electron chi connectivity index (χ4n) is 3.19. The largest absolute Gasteiger partial charge is 0.340 e. The van der Waals surface area contributed by atoms with Gasteiger partial charge < -0.3 is 4.90 Å². The van der Waals surface area contributed by atoms with Crippen LogP contribution in [0.15, 0.2) is 36.4 Å². The number of carbonyl (C=O) groups excluding carboxylic acids is 1. The number of quaternary nitrogens is 1. The second kappa shape index (κ2) is 8.51. The number of carbonyl (C=O) groups is 1. The molecule has 0 atom stereocenters. The Morgan fingerprint density at radius 1 is 1.21 bits per heavy atom. The van der Waals surface area contributed by atoms with Crippen LogP contribution in [0.4, 0.5) is 5.13 Å². The second-order valence-corrected chi connectivity index (χ2v) is 8.39. The first kappa shape index (κ1) is 20.0. The number of benzene rings is 2. The van der Waals surface area contributed by atoms with Crippen molar-refractivity contribution in [1.82, 2.24) is 4.98 Å². The molecule has 0 saturated heterocycles. The zero-order valence-corrected chi connectivity index (χ0v) is 17.6. The highest BCUT2D eigenvalue weighted by Gasteiger charge is 2.22. The van der Waals surface area contributed by atoms with Crippen LogP contribution in [0.2, 0.25) is 0 Å². The van der Waals surface area contributed by atoms with E-state index in [1.54, 1.807) is 40.5 Å². The van der Waals surface area contributed by atoms with Crippen molar-refractivity contribution in [3.8, 4) is 6.07 Å². The molecule has 0 aliphatic rings. The van der Waals surface area contributed by atoms with Crippen LogP contribution >= 0.6 is 11.3 Å². The lowest BCUT2D eigenvalue weighted by Crippen LogP contribution is -3.05. The lowest BCUT2D eigenvalue weighted by atomic mass is 10.1. The van der Waals surface area contributed by atoms with Gasteiger partial charge in [0.25, 0.3) is 5.91 Å². The molecule has 3 rings (SSSR count). The molecular weight excluding hydrogens is 368 g/mol. The Morgan fingerprint density at radius 3 is 2.57 bits per heavy atom. The zero-order chi connectivity index (χ0) is 20.3. The molecular formula is C22H25N4OS+. The second-order valence-electron chi connectivity index (χ2n) is 7.38. The van der Waals surface area contributed by atoms with Crippen molar-refractivity contribution in [2.45, 2.75) is 20.3 Å². The predicted molar refractivity (Wildman–Crippen MR) is 114 cm³/mol. The molecule has 1 N–H and O–H groups in total. The quantitative estimate of drug-likeness (QED) is 0.700. The summed E-state index contributed by atoms with van der Waals surface area (Å²) in [6.07, 6.45) is 0.887. The van der Waals surface area contributed by atoms with E-state index in [1.807, 2.05) is 0 Å². The topological polar surface area (TPSA) is 61.4 Å². The normalized spacial score (nSPS) is 11.0. The maximum atomic E-state index is 13.3. The summed E-state index contributed by atoms with van der Waals surface area (Å²) in [5.74, 6) is -0.0772. The predicted octanol–water partition coefficient (Wildman–Crippen LogP) is 2.97. The first-order valence-electron chi connectivity index (χ1n) is 9.38. The molecule has 0 aliphatic carbocycles. The smallest absolute Gasteiger partial charge is 0.260 e. The Bertz CT molecular complexity index is 1030. The number of fused-ring (bicyclic) bond motifs is 1. The summed E-state index contributed by atoms with van der Waals surface area (Å²) in [5, 5.41) is 9.72. The van der Waals surface area contributed by atoms with Gasteiger partial charge in [0.15, 0.2) is 5.13 Å². The van der Waals surface area contributed by atoms with Gasteiger partial charge in [-0.05, 0) is 55.3 Å². The molecule has 6 heteroatoms. The van der Waals surface area contributed by atoms with Crippen LogP contribution < -0.4 is 9.80 Å². The minimum Gasteiger partial charge on any atom is -0.340 e. The summed E-state index contributed by atoms with van der Waals surface area (Å²) in [4.78, 5) is 21.2. The Labute approximate surface area is 169 Å². The number of thiazole rings is 1. The van der Waals surface area contributed by atoms with Crippen molar-refractivity contribution in [2.24, 2.45) is 0 Å². The summed E-state index contributed by atoms with van der Waals surface area (Å²) < 4.78 is 1.10.